The van der Waals surface area contributed by atoms with E-state index in [-0.39, 0.29) is 5.78 Å². The molecule has 2 aromatic heterocycles. The molecule has 0 unspecified atom stereocenters. The monoisotopic (exact) mass is 259 g/mol. The van der Waals surface area contributed by atoms with E-state index in [0.29, 0.717) is 11.4 Å². The number of ketones is 1. The Hall–Kier alpha value is -1.68. The van der Waals surface area contributed by atoms with Gasteiger partial charge in [0.05, 0.1) is 12.0 Å². The molecule has 2 heterocycles. The quantitative estimate of drug-likeness (QED) is 0.796. The molecule has 1 aliphatic rings. The van der Waals surface area contributed by atoms with E-state index in [2.05, 4.69) is 4.98 Å². The van der Waals surface area contributed by atoms with Gasteiger partial charge in [0.15, 0.2) is 5.69 Å². The average molecular weight is 259 g/mol. The fourth-order valence-corrected chi connectivity index (χ4v) is 3.48. The molecule has 0 N–H and O–H groups in total. The lowest BCUT2D eigenvalue weighted by molar-refractivity contribution is 0.103. The first-order chi connectivity index (χ1) is 8.79. The van der Waals surface area contributed by atoms with Crippen LogP contribution in [0, 0.1) is 0 Å². The van der Waals surface area contributed by atoms with Crippen LogP contribution in [-0.4, -0.2) is 17.9 Å². The Morgan fingerprint density at radius 1 is 1.44 bits per heavy atom. The van der Waals surface area contributed by atoms with Crippen LogP contribution in [0.4, 0.5) is 0 Å². The topological polar surface area (TPSA) is 39.2 Å². The maximum atomic E-state index is 12.4. The van der Waals surface area contributed by atoms with Gasteiger partial charge in [-0.15, -0.1) is 11.3 Å². The van der Waals surface area contributed by atoms with Gasteiger partial charge in [-0.25, -0.2) is 4.98 Å². The first-order valence-electron chi connectivity index (χ1n) is 5.95. The van der Waals surface area contributed by atoms with Gasteiger partial charge in [0.1, 0.15) is 5.75 Å². The highest BCUT2D eigenvalue weighted by molar-refractivity contribution is 7.14. The van der Waals surface area contributed by atoms with Crippen LogP contribution in [-0.2, 0) is 12.8 Å². The minimum absolute atomic E-state index is 0.0353. The standard InChI is InChI=1S/C14H13NO2S/c1-17-10-5-3-7-15-13(10)14(16)12-8-9-4-2-6-11(9)18-12/h3,5,7-8H,2,4,6H2,1H3. The largest absolute Gasteiger partial charge is 0.494 e. The summed E-state index contributed by atoms with van der Waals surface area (Å²) in [6.07, 6.45) is 5.03. The van der Waals surface area contributed by atoms with E-state index < -0.39 is 0 Å². The number of hydrogen-bond donors (Lipinski definition) is 0. The predicted molar refractivity (Wildman–Crippen MR) is 70.6 cm³/mol. The summed E-state index contributed by atoms with van der Waals surface area (Å²) in [7, 11) is 1.56. The fraction of sp³-hybridized carbons (Fsp3) is 0.286. The number of ether oxygens (including phenoxy) is 1. The van der Waals surface area contributed by atoms with Crippen LogP contribution < -0.4 is 4.74 Å². The first-order valence-corrected chi connectivity index (χ1v) is 6.76. The molecule has 0 fully saturated rings. The Kier molecular flexibility index (Phi) is 2.88. The maximum absolute atomic E-state index is 12.4. The summed E-state index contributed by atoms with van der Waals surface area (Å²) in [5.74, 6) is 0.503. The summed E-state index contributed by atoms with van der Waals surface area (Å²) in [4.78, 5) is 18.7. The molecule has 0 saturated carbocycles. The molecule has 0 atom stereocenters. The number of fused-ring (bicyclic) bond motifs is 1. The zero-order chi connectivity index (χ0) is 12.5. The van der Waals surface area contributed by atoms with Gasteiger partial charge in [0.25, 0.3) is 0 Å². The molecule has 0 bridgehead atoms. The number of aromatic nitrogens is 1. The predicted octanol–water partition coefficient (Wildman–Crippen LogP) is 2.87. The average Bonchev–Trinajstić information content (AvgIpc) is 2.98. The SMILES string of the molecule is COc1cccnc1C(=O)c1cc2c(s1)CCC2. The molecular weight excluding hydrogens is 246 g/mol. The summed E-state index contributed by atoms with van der Waals surface area (Å²) in [6.45, 7) is 0. The summed E-state index contributed by atoms with van der Waals surface area (Å²) < 4.78 is 5.19. The zero-order valence-corrected chi connectivity index (χ0v) is 10.9. The van der Waals surface area contributed by atoms with Crippen molar-refractivity contribution in [3.8, 4) is 5.75 Å². The van der Waals surface area contributed by atoms with E-state index >= 15 is 0 Å². The smallest absolute Gasteiger partial charge is 0.225 e. The van der Waals surface area contributed by atoms with E-state index in [1.54, 1.807) is 36.8 Å². The van der Waals surface area contributed by atoms with Crippen molar-refractivity contribution in [1.29, 1.82) is 0 Å². The highest BCUT2D eigenvalue weighted by atomic mass is 32.1. The minimum atomic E-state index is -0.0353. The van der Waals surface area contributed by atoms with Gasteiger partial charge in [0, 0.05) is 11.1 Å². The lowest BCUT2D eigenvalue weighted by Gasteiger charge is -2.04. The van der Waals surface area contributed by atoms with Gasteiger partial charge in [-0.2, -0.15) is 0 Å². The molecule has 3 nitrogen and oxygen atoms in total. The molecule has 4 heteroatoms. The van der Waals surface area contributed by atoms with Gasteiger partial charge in [0.2, 0.25) is 5.78 Å². The highest BCUT2D eigenvalue weighted by Gasteiger charge is 2.22. The Balaban J connectivity index is 1.98. The molecule has 0 spiro atoms. The lowest BCUT2D eigenvalue weighted by Crippen LogP contribution is -2.04. The number of methoxy groups -OCH3 is 1. The van der Waals surface area contributed by atoms with E-state index in [1.165, 1.54) is 16.9 Å². The van der Waals surface area contributed by atoms with Crippen molar-refractivity contribution in [2.75, 3.05) is 7.11 Å². The number of carbonyl (C=O) groups excluding carboxylic acids is 1. The Morgan fingerprint density at radius 2 is 2.33 bits per heavy atom. The van der Waals surface area contributed by atoms with Crippen molar-refractivity contribution >= 4 is 17.1 Å². The van der Waals surface area contributed by atoms with Crippen LogP contribution in [0.25, 0.3) is 0 Å². The number of carbonyl (C=O) groups is 1. The fourth-order valence-electron chi connectivity index (χ4n) is 2.28. The molecule has 0 radical (unpaired) electrons. The first kappa shape index (κ1) is 11.4. The Labute approximate surface area is 109 Å². The molecule has 3 rings (SSSR count). The van der Waals surface area contributed by atoms with E-state index in [9.17, 15) is 4.79 Å². The third-order valence-electron chi connectivity index (χ3n) is 3.18. The third kappa shape index (κ3) is 1.82. The summed E-state index contributed by atoms with van der Waals surface area (Å²) in [6, 6.07) is 5.55. The number of rotatable bonds is 3. The normalized spacial score (nSPS) is 13.4. The van der Waals surface area contributed by atoms with Crippen molar-refractivity contribution in [3.05, 3.63) is 45.4 Å². The van der Waals surface area contributed by atoms with Gasteiger partial charge in [-0.1, -0.05) is 0 Å². The Bertz CT molecular complexity index is 582. The number of nitrogens with zero attached hydrogens (tertiary/aromatic N) is 1. The molecule has 0 saturated heterocycles. The van der Waals surface area contributed by atoms with E-state index in [0.717, 1.165) is 17.7 Å². The molecule has 18 heavy (non-hydrogen) atoms. The second kappa shape index (κ2) is 4.53. The van der Waals surface area contributed by atoms with Crippen LogP contribution in [0.1, 0.15) is 32.2 Å². The van der Waals surface area contributed by atoms with Gasteiger partial charge >= 0.3 is 0 Å². The third-order valence-corrected chi connectivity index (χ3v) is 4.41. The van der Waals surface area contributed by atoms with Crippen molar-refractivity contribution in [2.45, 2.75) is 19.3 Å². The molecule has 92 valence electrons. The molecule has 0 aromatic carbocycles. The number of pyridine rings is 1. The maximum Gasteiger partial charge on any atom is 0.225 e. The summed E-state index contributed by atoms with van der Waals surface area (Å²) >= 11 is 1.60. The Morgan fingerprint density at radius 3 is 3.11 bits per heavy atom. The number of hydrogen-bond acceptors (Lipinski definition) is 4. The molecule has 1 aliphatic carbocycles. The van der Waals surface area contributed by atoms with Crippen LogP contribution >= 0.6 is 11.3 Å². The van der Waals surface area contributed by atoms with Crippen LogP contribution in [0.15, 0.2) is 24.4 Å². The zero-order valence-electron chi connectivity index (χ0n) is 10.1. The lowest BCUT2D eigenvalue weighted by atomic mass is 10.1. The number of aryl methyl sites for hydroxylation is 2. The minimum Gasteiger partial charge on any atom is -0.494 e. The van der Waals surface area contributed by atoms with Gasteiger partial charge in [-0.3, -0.25) is 4.79 Å². The highest BCUT2D eigenvalue weighted by Crippen LogP contribution is 2.32. The van der Waals surface area contributed by atoms with Gasteiger partial charge < -0.3 is 4.74 Å². The molecule has 0 amide bonds. The summed E-state index contributed by atoms with van der Waals surface area (Å²) in [5, 5.41) is 0. The van der Waals surface area contributed by atoms with Crippen LogP contribution in [0.5, 0.6) is 5.75 Å². The second-order valence-corrected chi connectivity index (χ2v) is 5.43. The van der Waals surface area contributed by atoms with Crippen LogP contribution in [0.3, 0.4) is 0 Å². The van der Waals surface area contributed by atoms with Crippen molar-refractivity contribution in [3.63, 3.8) is 0 Å². The van der Waals surface area contributed by atoms with Crippen molar-refractivity contribution in [1.82, 2.24) is 4.98 Å². The summed E-state index contributed by atoms with van der Waals surface area (Å²) in [5.41, 5.74) is 1.73. The van der Waals surface area contributed by atoms with E-state index in [4.69, 9.17) is 4.74 Å². The van der Waals surface area contributed by atoms with Crippen molar-refractivity contribution < 1.29 is 9.53 Å². The van der Waals surface area contributed by atoms with Gasteiger partial charge in [-0.05, 0) is 43.0 Å². The number of thiophene rings is 1. The molecular formula is C14H13NO2S. The van der Waals surface area contributed by atoms with Crippen molar-refractivity contribution in [2.24, 2.45) is 0 Å². The van der Waals surface area contributed by atoms with Crippen LogP contribution in [0.2, 0.25) is 0 Å². The van der Waals surface area contributed by atoms with E-state index in [1.807, 2.05) is 6.07 Å². The molecule has 2 aromatic rings. The molecule has 0 aliphatic heterocycles. The second-order valence-electron chi connectivity index (χ2n) is 4.30.